The number of ether oxygens (including phenoxy) is 1. The van der Waals surface area contributed by atoms with Crippen LogP contribution < -0.4 is 10.1 Å². The summed E-state index contributed by atoms with van der Waals surface area (Å²) in [5, 5.41) is 6.03. The summed E-state index contributed by atoms with van der Waals surface area (Å²) in [5.74, 6) is 1.06. The molecule has 0 atom stereocenters. The molecule has 3 rings (SSSR count). The molecule has 0 saturated carbocycles. The van der Waals surface area contributed by atoms with Crippen molar-refractivity contribution in [1.29, 1.82) is 0 Å². The number of hydrogen-bond acceptors (Lipinski definition) is 5. The maximum Gasteiger partial charge on any atom is 0.257 e. The third kappa shape index (κ3) is 5.35. The van der Waals surface area contributed by atoms with Gasteiger partial charge in [-0.25, -0.2) is 4.98 Å². The Kier molecular flexibility index (Phi) is 7.25. The largest absolute Gasteiger partial charge is 0.493 e. The van der Waals surface area contributed by atoms with Crippen LogP contribution >= 0.6 is 11.3 Å². The molecule has 1 saturated heterocycles. The van der Waals surface area contributed by atoms with Gasteiger partial charge in [0, 0.05) is 30.3 Å². The zero-order valence-electron chi connectivity index (χ0n) is 17.3. The molecule has 156 valence electrons. The second-order valence-electron chi connectivity index (χ2n) is 7.55. The van der Waals surface area contributed by atoms with Crippen molar-refractivity contribution in [1.82, 2.24) is 15.2 Å². The molecule has 7 heteroatoms. The number of carbonyl (C=O) groups excluding carboxylic acids is 2. The third-order valence-corrected chi connectivity index (χ3v) is 6.14. The zero-order chi connectivity index (χ0) is 20.8. The predicted molar refractivity (Wildman–Crippen MR) is 114 cm³/mol. The molecule has 0 radical (unpaired) electrons. The first-order valence-electron chi connectivity index (χ1n) is 10.2. The maximum atomic E-state index is 12.9. The normalized spacial score (nSPS) is 14.8. The highest BCUT2D eigenvalue weighted by molar-refractivity contribution is 7.09. The number of hydrogen-bond donors (Lipinski definition) is 1. The SMILES string of the molecule is CCOc1ccccc1C(=O)N1CCC(c2nc(CNC(=O)C(C)C)cs2)CC1. The smallest absolute Gasteiger partial charge is 0.257 e. The first kappa shape index (κ1) is 21.3. The number of aromatic nitrogens is 1. The van der Waals surface area contributed by atoms with Crippen molar-refractivity contribution in [2.45, 2.75) is 46.1 Å². The van der Waals surface area contributed by atoms with E-state index in [0.717, 1.165) is 23.5 Å². The second kappa shape index (κ2) is 9.87. The highest BCUT2D eigenvalue weighted by atomic mass is 32.1. The van der Waals surface area contributed by atoms with E-state index in [1.54, 1.807) is 11.3 Å². The Morgan fingerprint density at radius 2 is 2.00 bits per heavy atom. The fraction of sp³-hybridized carbons (Fsp3) is 0.500. The average Bonchev–Trinajstić information content (AvgIpc) is 3.21. The van der Waals surface area contributed by atoms with E-state index in [0.29, 0.717) is 43.5 Å². The van der Waals surface area contributed by atoms with Gasteiger partial charge in [0.15, 0.2) is 0 Å². The van der Waals surface area contributed by atoms with Crippen LogP contribution in [0.25, 0.3) is 0 Å². The van der Waals surface area contributed by atoms with E-state index >= 15 is 0 Å². The molecule has 1 aromatic carbocycles. The summed E-state index contributed by atoms with van der Waals surface area (Å²) in [6.45, 7) is 8.11. The van der Waals surface area contributed by atoms with Crippen molar-refractivity contribution in [3.63, 3.8) is 0 Å². The van der Waals surface area contributed by atoms with Gasteiger partial charge in [0.1, 0.15) is 5.75 Å². The van der Waals surface area contributed by atoms with Gasteiger partial charge in [-0.15, -0.1) is 11.3 Å². The highest BCUT2D eigenvalue weighted by Crippen LogP contribution is 2.31. The molecule has 1 aliphatic rings. The van der Waals surface area contributed by atoms with E-state index in [-0.39, 0.29) is 17.7 Å². The number of thiazole rings is 1. The Hall–Kier alpha value is -2.41. The molecule has 2 amide bonds. The number of piperidine rings is 1. The summed E-state index contributed by atoms with van der Waals surface area (Å²) in [6, 6.07) is 7.44. The lowest BCUT2D eigenvalue weighted by atomic mass is 9.97. The number of amides is 2. The van der Waals surface area contributed by atoms with Crippen LogP contribution in [0, 0.1) is 5.92 Å². The fourth-order valence-electron chi connectivity index (χ4n) is 3.40. The van der Waals surface area contributed by atoms with Gasteiger partial charge in [0.2, 0.25) is 5.91 Å². The Morgan fingerprint density at radius 3 is 2.69 bits per heavy atom. The Balaban J connectivity index is 1.56. The average molecular weight is 416 g/mol. The minimum atomic E-state index is -0.0252. The summed E-state index contributed by atoms with van der Waals surface area (Å²) in [5.41, 5.74) is 1.54. The number of nitrogens with zero attached hydrogens (tertiary/aromatic N) is 2. The fourth-order valence-corrected chi connectivity index (χ4v) is 4.39. The molecule has 6 nitrogen and oxygen atoms in total. The molecule has 1 aromatic heterocycles. The van der Waals surface area contributed by atoms with Gasteiger partial charge in [-0.05, 0) is 31.9 Å². The summed E-state index contributed by atoms with van der Waals surface area (Å²) in [6.07, 6.45) is 1.79. The molecule has 1 N–H and O–H groups in total. The second-order valence-corrected chi connectivity index (χ2v) is 8.43. The number of carbonyl (C=O) groups is 2. The Labute approximate surface area is 176 Å². The number of nitrogens with one attached hydrogen (secondary N) is 1. The number of para-hydroxylation sites is 1. The summed E-state index contributed by atoms with van der Waals surface area (Å²) in [7, 11) is 0. The molecule has 2 heterocycles. The summed E-state index contributed by atoms with van der Waals surface area (Å²) < 4.78 is 5.61. The van der Waals surface area contributed by atoms with Gasteiger partial charge in [-0.1, -0.05) is 26.0 Å². The molecule has 0 bridgehead atoms. The zero-order valence-corrected chi connectivity index (χ0v) is 18.1. The molecule has 1 aliphatic heterocycles. The van der Waals surface area contributed by atoms with Gasteiger partial charge in [0.25, 0.3) is 5.91 Å². The van der Waals surface area contributed by atoms with Gasteiger partial charge in [-0.3, -0.25) is 9.59 Å². The molecular weight excluding hydrogens is 386 g/mol. The van der Waals surface area contributed by atoms with Gasteiger partial charge < -0.3 is 15.0 Å². The van der Waals surface area contributed by atoms with E-state index < -0.39 is 0 Å². The van der Waals surface area contributed by atoms with Gasteiger partial charge >= 0.3 is 0 Å². The van der Waals surface area contributed by atoms with Crippen LogP contribution in [0.3, 0.4) is 0 Å². The van der Waals surface area contributed by atoms with E-state index in [4.69, 9.17) is 9.72 Å². The molecule has 0 aliphatic carbocycles. The third-order valence-electron chi connectivity index (χ3n) is 5.09. The molecule has 0 unspecified atom stereocenters. The van der Waals surface area contributed by atoms with Gasteiger partial charge in [0.05, 0.1) is 29.4 Å². The van der Waals surface area contributed by atoms with Crippen LogP contribution in [0.1, 0.15) is 60.6 Å². The van der Waals surface area contributed by atoms with Crippen molar-refractivity contribution in [3.05, 3.63) is 45.9 Å². The first-order chi connectivity index (χ1) is 14.0. The topological polar surface area (TPSA) is 71.5 Å². The number of benzene rings is 1. The van der Waals surface area contributed by atoms with Crippen molar-refractivity contribution in [3.8, 4) is 5.75 Å². The highest BCUT2D eigenvalue weighted by Gasteiger charge is 2.27. The lowest BCUT2D eigenvalue weighted by molar-refractivity contribution is -0.124. The van der Waals surface area contributed by atoms with Crippen molar-refractivity contribution in [2.75, 3.05) is 19.7 Å². The Bertz CT molecular complexity index is 841. The molecule has 1 fully saturated rings. The van der Waals surface area contributed by atoms with Gasteiger partial charge in [-0.2, -0.15) is 0 Å². The van der Waals surface area contributed by atoms with Crippen molar-refractivity contribution >= 4 is 23.2 Å². The van der Waals surface area contributed by atoms with Crippen LogP contribution in [-0.2, 0) is 11.3 Å². The predicted octanol–water partition coefficient (Wildman–Crippen LogP) is 3.83. The molecule has 29 heavy (non-hydrogen) atoms. The number of likely N-dealkylation sites (tertiary alicyclic amines) is 1. The van der Waals surface area contributed by atoms with Crippen LogP contribution in [0.5, 0.6) is 5.75 Å². The minimum absolute atomic E-state index is 0.0252. The van der Waals surface area contributed by atoms with Crippen LogP contribution in [0.15, 0.2) is 29.6 Å². The van der Waals surface area contributed by atoms with E-state index in [1.807, 2.05) is 55.3 Å². The first-order valence-corrected chi connectivity index (χ1v) is 11.1. The van der Waals surface area contributed by atoms with Crippen molar-refractivity contribution < 1.29 is 14.3 Å². The summed E-state index contributed by atoms with van der Waals surface area (Å²) >= 11 is 1.65. The van der Waals surface area contributed by atoms with Crippen molar-refractivity contribution in [2.24, 2.45) is 5.92 Å². The van der Waals surface area contributed by atoms with E-state index in [2.05, 4.69) is 5.32 Å². The van der Waals surface area contributed by atoms with E-state index in [9.17, 15) is 9.59 Å². The monoisotopic (exact) mass is 415 g/mol. The molecule has 2 aromatic rings. The van der Waals surface area contributed by atoms with Crippen LogP contribution in [0.4, 0.5) is 0 Å². The summed E-state index contributed by atoms with van der Waals surface area (Å²) in [4.78, 5) is 31.3. The van der Waals surface area contributed by atoms with Crippen LogP contribution in [-0.4, -0.2) is 41.4 Å². The minimum Gasteiger partial charge on any atom is -0.493 e. The molecular formula is C22H29N3O3S. The lowest BCUT2D eigenvalue weighted by Crippen LogP contribution is -2.38. The lowest BCUT2D eigenvalue weighted by Gasteiger charge is -2.31. The number of rotatable bonds is 7. The van der Waals surface area contributed by atoms with E-state index in [1.165, 1.54) is 0 Å². The standard InChI is InChI=1S/C22H29N3O3S/c1-4-28-19-8-6-5-7-18(19)22(27)25-11-9-16(10-12-25)21-24-17(14-29-21)13-23-20(26)15(2)3/h5-8,14-16H,4,9-13H2,1-3H3,(H,23,26). The quantitative estimate of drug-likeness (QED) is 0.746. The molecule has 0 spiro atoms. The Morgan fingerprint density at radius 1 is 1.28 bits per heavy atom. The maximum absolute atomic E-state index is 12.9. The van der Waals surface area contributed by atoms with Crippen LogP contribution in [0.2, 0.25) is 0 Å².